The summed E-state index contributed by atoms with van der Waals surface area (Å²) < 4.78 is 81.1. The lowest BCUT2D eigenvalue weighted by Crippen LogP contribution is -2.55. The lowest BCUT2D eigenvalue weighted by molar-refractivity contribution is -0.140. The van der Waals surface area contributed by atoms with Crippen molar-refractivity contribution >= 4 is 33.7 Å². The Labute approximate surface area is 259 Å². The van der Waals surface area contributed by atoms with Crippen LogP contribution >= 0.6 is 0 Å². The van der Waals surface area contributed by atoms with Crippen molar-refractivity contribution in [1.82, 2.24) is 19.8 Å². The van der Waals surface area contributed by atoms with Crippen LogP contribution in [0.5, 0.6) is 0 Å². The lowest BCUT2D eigenvalue weighted by Gasteiger charge is -2.36. The molecule has 2 aromatic rings. The van der Waals surface area contributed by atoms with Gasteiger partial charge in [-0.1, -0.05) is 0 Å². The van der Waals surface area contributed by atoms with Crippen molar-refractivity contribution < 1.29 is 35.6 Å². The second-order valence-electron chi connectivity index (χ2n) is 12.1. The monoisotopic (exact) mass is 649 g/mol. The Morgan fingerprint density at radius 2 is 1.64 bits per heavy atom. The number of carbonyl (C=O) groups excluding carboxylic acids is 2. The van der Waals surface area contributed by atoms with Crippen LogP contribution < -0.4 is 10.6 Å². The average molecular weight is 650 g/mol. The minimum atomic E-state index is -4.92. The molecule has 1 spiro atoms. The highest BCUT2D eigenvalue weighted by molar-refractivity contribution is 7.92. The van der Waals surface area contributed by atoms with Crippen LogP contribution in [0.15, 0.2) is 40.7 Å². The van der Waals surface area contributed by atoms with Gasteiger partial charge in [-0.15, -0.1) is 0 Å². The van der Waals surface area contributed by atoms with Gasteiger partial charge >= 0.3 is 6.18 Å². The first-order valence-corrected chi connectivity index (χ1v) is 16.1. The summed E-state index contributed by atoms with van der Waals surface area (Å²) in [6.07, 6.45) is -3.39. The van der Waals surface area contributed by atoms with Gasteiger partial charge in [0.1, 0.15) is 17.2 Å². The van der Waals surface area contributed by atoms with E-state index in [4.69, 9.17) is 0 Å². The smallest absolute Gasteiger partial charge is 0.336 e. The summed E-state index contributed by atoms with van der Waals surface area (Å²) in [7, 11) is -3.90. The van der Waals surface area contributed by atoms with Crippen molar-refractivity contribution in [3.05, 3.63) is 74.9 Å². The maximum absolute atomic E-state index is 13.8. The van der Waals surface area contributed by atoms with Crippen LogP contribution in [-0.2, 0) is 21.0 Å². The molecule has 3 aliphatic heterocycles. The lowest BCUT2D eigenvalue weighted by atomic mass is 9.89. The Balaban J connectivity index is 1.28. The van der Waals surface area contributed by atoms with Crippen LogP contribution in [-0.4, -0.2) is 79.1 Å². The summed E-state index contributed by atoms with van der Waals surface area (Å²) >= 11 is 0. The Morgan fingerprint density at radius 3 is 2.22 bits per heavy atom. The molecule has 0 aliphatic carbocycles. The van der Waals surface area contributed by atoms with Crippen LogP contribution in [0, 0.1) is 19.7 Å². The van der Waals surface area contributed by atoms with Crippen LogP contribution in [0.1, 0.15) is 64.9 Å². The number of amidine groups is 1. The predicted molar refractivity (Wildman–Crippen MR) is 161 cm³/mol. The highest BCUT2D eigenvalue weighted by Crippen LogP contribution is 2.35. The molecule has 2 N–H and O–H groups in total. The van der Waals surface area contributed by atoms with Crippen molar-refractivity contribution in [1.29, 1.82) is 0 Å². The minimum Gasteiger partial charge on any atom is -0.336 e. The van der Waals surface area contributed by atoms with E-state index in [0.29, 0.717) is 36.3 Å². The van der Waals surface area contributed by atoms with Gasteiger partial charge in [-0.05, 0) is 93.6 Å². The van der Waals surface area contributed by atoms with Gasteiger partial charge in [0.25, 0.3) is 11.8 Å². The molecule has 0 aromatic heterocycles. The summed E-state index contributed by atoms with van der Waals surface area (Å²) in [4.78, 5) is 32.3. The molecule has 5 rings (SSSR count). The number of benzene rings is 2. The Hall–Kier alpha value is -3.62. The van der Waals surface area contributed by atoms with Gasteiger partial charge in [-0.2, -0.15) is 17.5 Å². The molecule has 2 aromatic carbocycles. The van der Waals surface area contributed by atoms with Gasteiger partial charge in [-0.25, -0.2) is 12.8 Å². The molecule has 2 amide bonds. The molecule has 3 aliphatic rings. The maximum Gasteiger partial charge on any atom is 0.419 e. The van der Waals surface area contributed by atoms with E-state index in [9.17, 15) is 35.6 Å². The summed E-state index contributed by atoms with van der Waals surface area (Å²) in [6, 6.07) is 6.24. The molecule has 2 saturated heterocycles. The Bertz CT molecular complexity index is 1660. The zero-order valence-electron chi connectivity index (χ0n) is 25.3. The fourth-order valence-electron chi connectivity index (χ4n) is 6.27. The van der Waals surface area contributed by atoms with E-state index in [0.717, 1.165) is 22.6 Å². The number of aliphatic imine (C=N–C) groups is 1. The standard InChI is InChI=1S/C31H35F4N5O4S/c1-18-13-23(28(41)39-16-20(3)36-21(4)17-39)14-19(2)24(18)7-12-45(43,44)40-10-8-30(9-11-40)29(42)37-27(38-30)22-5-6-26(32)25(15-22)31(33,34)35/h5-7,12-15,20-21,36H,8-11,16-17H2,1-4H3,(H,37,38,42)/b12-7+/t20-,21+. The van der Waals surface area contributed by atoms with Crippen LogP contribution in [0.25, 0.3) is 6.08 Å². The number of rotatable bonds is 5. The molecule has 0 unspecified atom stereocenters. The first kappa shape index (κ1) is 32.8. The van der Waals surface area contributed by atoms with Crippen LogP contribution in [0.4, 0.5) is 17.6 Å². The van der Waals surface area contributed by atoms with Crippen molar-refractivity contribution in [3.8, 4) is 0 Å². The van der Waals surface area contributed by atoms with E-state index in [-0.39, 0.29) is 55.3 Å². The van der Waals surface area contributed by atoms with E-state index in [1.807, 2.05) is 32.6 Å². The summed E-state index contributed by atoms with van der Waals surface area (Å²) in [5, 5.41) is 6.99. The van der Waals surface area contributed by atoms with E-state index in [2.05, 4.69) is 15.6 Å². The zero-order chi connectivity index (χ0) is 32.9. The molecular formula is C31H35F4N5O4S. The van der Waals surface area contributed by atoms with Gasteiger partial charge < -0.3 is 15.5 Å². The summed E-state index contributed by atoms with van der Waals surface area (Å²) in [5.41, 5.74) is -0.197. The first-order valence-electron chi connectivity index (χ1n) is 14.6. The number of halogens is 4. The van der Waals surface area contributed by atoms with Gasteiger partial charge in [0.05, 0.1) is 5.56 Å². The van der Waals surface area contributed by atoms with Crippen LogP contribution in [0.2, 0.25) is 0 Å². The average Bonchev–Trinajstić information content (AvgIpc) is 3.26. The number of piperazine rings is 1. The molecule has 2 atom stereocenters. The number of nitrogens with one attached hydrogen (secondary N) is 2. The molecular weight excluding hydrogens is 614 g/mol. The number of carbonyl (C=O) groups is 2. The van der Waals surface area contributed by atoms with E-state index >= 15 is 0 Å². The summed E-state index contributed by atoms with van der Waals surface area (Å²) in [5.74, 6) is -2.18. The number of aryl methyl sites for hydroxylation is 2. The molecule has 2 fully saturated rings. The number of piperidine rings is 1. The maximum atomic E-state index is 13.8. The van der Waals surface area contributed by atoms with Crippen molar-refractivity contribution in [2.45, 2.75) is 64.3 Å². The number of alkyl halides is 3. The molecule has 14 heteroatoms. The SMILES string of the molecule is Cc1cc(C(=O)N2C[C@@H](C)N[C@@H](C)C2)cc(C)c1/C=C/S(=O)(=O)N1CCC2(CC1)N=C(c1ccc(F)c(C(F)(F)F)c1)NC2=O. The number of sulfonamides is 1. The predicted octanol–water partition coefficient (Wildman–Crippen LogP) is 4.00. The fourth-order valence-corrected chi connectivity index (χ4v) is 7.44. The molecule has 9 nitrogen and oxygen atoms in total. The third-order valence-corrected chi connectivity index (χ3v) is 10.1. The zero-order valence-corrected chi connectivity index (χ0v) is 26.2. The van der Waals surface area contributed by atoms with Gasteiger partial charge in [0, 0.05) is 54.8 Å². The van der Waals surface area contributed by atoms with Crippen molar-refractivity contribution in [3.63, 3.8) is 0 Å². The number of amides is 2. The summed E-state index contributed by atoms with van der Waals surface area (Å²) in [6.45, 7) is 8.80. The van der Waals surface area contributed by atoms with Gasteiger partial charge in [0.2, 0.25) is 10.0 Å². The van der Waals surface area contributed by atoms with Gasteiger partial charge in [-0.3, -0.25) is 14.6 Å². The Kier molecular flexibility index (Phi) is 8.70. The van der Waals surface area contributed by atoms with Crippen molar-refractivity contribution in [2.75, 3.05) is 26.2 Å². The van der Waals surface area contributed by atoms with Crippen LogP contribution in [0.3, 0.4) is 0 Å². The second-order valence-corrected chi connectivity index (χ2v) is 13.9. The molecule has 0 bridgehead atoms. The number of hydrogen-bond acceptors (Lipinski definition) is 6. The van der Waals surface area contributed by atoms with E-state index < -0.39 is 39.0 Å². The Morgan fingerprint density at radius 1 is 1.04 bits per heavy atom. The third kappa shape index (κ3) is 6.68. The largest absolute Gasteiger partial charge is 0.419 e. The van der Waals surface area contributed by atoms with Crippen molar-refractivity contribution in [2.24, 2.45) is 4.99 Å². The van der Waals surface area contributed by atoms with E-state index in [1.165, 1.54) is 10.4 Å². The number of nitrogens with zero attached hydrogens (tertiary/aromatic N) is 3. The topological polar surface area (TPSA) is 111 Å². The fraction of sp³-hybridized carbons (Fsp3) is 0.452. The number of hydrogen-bond donors (Lipinski definition) is 2. The quantitative estimate of drug-likeness (QED) is 0.476. The second kappa shape index (κ2) is 12.0. The van der Waals surface area contributed by atoms with Gasteiger partial charge in [0.15, 0.2) is 0 Å². The van der Waals surface area contributed by atoms with E-state index in [1.54, 1.807) is 12.1 Å². The normalized spacial score (nSPS) is 22.6. The molecule has 3 heterocycles. The molecule has 0 saturated carbocycles. The first-order chi connectivity index (χ1) is 21.0. The third-order valence-electron chi connectivity index (χ3n) is 8.53. The highest BCUT2D eigenvalue weighted by Gasteiger charge is 2.47. The minimum absolute atomic E-state index is 0.0147. The molecule has 242 valence electrons. The highest BCUT2D eigenvalue weighted by atomic mass is 32.2. The molecule has 0 radical (unpaired) electrons. The molecule has 45 heavy (non-hydrogen) atoms.